The fraction of sp³-hybridized carbons (Fsp3) is 0.125. The zero-order valence-corrected chi connectivity index (χ0v) is 11.2. The Morgan fingerprint density at radius 1 is 1.05 bits per heavy atom. The van der Waals surface area contributed by atoms with Crippen LogP contribution in [0.4, 0.5) is 11.4 Å². The van der Waals surface area contributed by atoms with Gasteiger partial charge < -0.3 is 4.90 Å². The Labute approximate surface area is 117 Å². The van der Waals surface area contributed by atoms with E-state index in [1.54, 1.807) is 30.4 Å². The lowest BCUT2D eigenvalue weighted by atomic mass is 10.1. The molecule has 0 aliphatic rings. The van der Waals surface area contributed by atoms with Gasteiger partial charge in [-0.25, -0.2) is 0 Å². The van der Waals surface area contributed by atoms with Gasteiger partial charge in [0.15, 0.2) is 0 Å². The Morgan fingerprint density at radius 2 is 1.65 bits per heavy atom. The van der Waals surface area contributed by atoms with Crippen LogP contribution in [-0.4, -0.2) is 18.0 Å². The van der Waals surface area contributed by atoms with Gasteiger partial charge in [0.25, 0.3) is 5.69 Å². The second kappa shape index (κ2) is 6.02. The molecule has 0 aromatic heterocycles. The number of nitro groups is 1. The molecule has 4 heteroatoms. The molecule has 102 valence electrons. The minimum Gasteiger partial charge on any atom is -0.364 e. The molecule has 0 bridgehead atoms. The zero-order valence-electron chi connectivity index (χ0n) is 11.2. The van der Waals surface area contributed by atoms with E-state index in [4.69, 9.17) is 0 Å². The molecular weight excluding hydrogens is 252 g/mol. The molecule has 20 heavy (non-hydrogen) atoms. The van der Waals surface area contributed by atoms with E-state index in [1.807, 2.05) is 18.2 Å². The van der Waals surface area contributed by atoms with E-state index in [2.05, 4.69) is 18.1 Å². The Morgan fingerprint density at radius 3 is 2.20 bits per heavy atom. The molecule has 0 aliphatic heterocycles. The van der Waals surface area contributed by atoms with E-state index >= 15 is 0 Å². The van der Waals surface area contributed by atoms with Crippen LogP contribution >= 0.6 is 0 Å². The van der Waals surface area contributed by atoms with Crippen LogP contribution in [0.5, 0.6) is 0 Å². The fourth-order valence-electron chi connectivity index (χ4n) is 2.29. The van der Waals surface area contributed by atoms with Crippen molar-refractivity contribution in [1.82, 2.24) is 0 Å². The Kier molecular flexibility index (Phi) is 4.15. The maximum atomic E-state index is 11.1. The number of benzene rings is 2. The molecule has 2 rings (SSSR count). The highest BCUT2D eigenvalue weighted by Gasteiger charge is 2.16. The second-order valence-electron chi connectivity index (χ2n) is 4.39. The molecule has 0 heterocycles. The molecule has 4 nitrogen and oxygen atoms in total. The van der Waals surface area contributed by atoms with Crippen molar-refractivity contribution in [3.63, 3.8) is 0 Å². The lowest BCUT2D eigenvalue weighted by Crippen LogP contribution is -2.23. The summed E-state index contributed by atoms with van der Waals surface area (Å²) in [5, 5.41) is 12.6. The number of nitro benzene ring substituents is 1. The first-order valence-corrected chi connectivity index (χ1v) is 6.32. The van der Waals surface area contributed by atoms with Gasteiger partial charge in [0.2, 0.25) is 0 Å². The van der Waals surface area contributed by atoms with Crippen LogP contribution in [0.15, 0.2) is 61.7 Å². The average Bonchev–Trinajstić information content (AvgIpc) is 2.45. The summed E-state index contributed by atoms with van der Waals surface area (Å²) in [6.45, 7) is 8.82. The minimum absolute atomic E-state index is 0.126. The van der Waals surface area contributed by atoms with Gasteiger partial charge in [0, 0.05) is 30.2 Å². The van der Waals surface area contributed by atoms with Gasteiger partial charge >= 0.3 is 0 Å². The molecule has 0 saturated carbocycles. The Balaban J connectivity index is 2.65. The Bertz CT molecular complexity index is 655. The summed E-state index contributed by atoms with van der Waals surface area (Å²) >= 11 is 0. The number of non-ortho nitro benzene ring substituents is 1. The van der Waals surface area contributed by atoms with Crippen molar-refractivity contribution in [2.24, 2.45) is 0 Å². The van der Waals surface area contributed by atoms with Crippen molar-refractivity contribution in [2.45, 2.75) is 0 Å². The molecule has 0 aliphatic carbocycles. The fourth-order valence-corrected chi connectivity index (χ4v) is 2.29. The largest absolute Gasteiger partial charge is 0.364 e. The number of anilines is 1. The van der Waals surface area contributed by atoms with Crippen LogP contribution in [0.2, 0.25) is 0 Å². The smallest absolute Gasteiger partial charge is 0.277 e. The van der Waals surface area contributed by atoms with Crippen LogP contribution in [0.25, 0.3) is 10.8 Å². The van der Waals surface area contributed by atoms with Crippen molar-refractivity contribution in [2.75, 3.05) is 18.0 Å². The molecule has 0 saturated heterocycles. The number of fused-ring (bicyclic) bond motifs is 1. The molecule has 0 fully saturated rings. The Hall–Kier alpha value is -2.62. The second-order valence-corrected chi connectivity index (χ2v) is 4.39. The minimum atomic E-state index is -0.350. The third-order valence-electron chi connectivity index (χ3n) is 3.11. The van der Waals surface area contributed by atoms with Crippen LogP contribution in [0.1, 0.15) is 0 Å². The maximum absolute atomic E-state index is 11.1. The number of nitrogens with zero attached hydrogens (tertiary/aromatic N) is 2. The molecule has 0 unspecified atom stereocenters. The van der Waals surface area contributed by atoms with E-state index in [0.29, 0.717) is 18.5 Å². The summed E-state index contributed by atoms with van der Waals surface area (Å²) in [7, 11) is 0. The van der Waals surface area contributed by atoms with Gasteiger partial charge in [-0.1, -0.05) is 30.4 Å². The third-order valence-corrected chi connectivity index (χ3v) is 3.11. The highest BCUT2D eigenvalue weighted by Crippen LogP contribution is 2.33. The van der Waals surface area contributed by atoms with E-state index in [0.717, 1.165) is 11.1 Å². The van der Waals surface area contributed by atoms with Gasteiger partial charge in [0.1, 0.15) is 0 Å². The zero-order chi connectivity index (χ0) is 14.5. The van der Waals surface area contributed by atoms with Gasteiger partial charge in [-0.3, -0.25) is 10.1 Å². The third kappa shape index (κ3) is 2.54. The quantitative estimate of drug-likeness (QED) is 0.453. The van der Waals surface area contributed by atoms with Crippen LogP contribution in [0, 0.1) is 10.1 Å². The van der Waals surface area contributed by atoms with Gasteiger partial charge in [-0.15, -0.1) is 13.2 Å². The van der Waals surface area contributed by atoms with Crippen molar-refractivity contribution >= 4 is 22.1 Å². The molecule has 0 N–H and O–H groups in total. The van der Waals surface area contributed by atoms with Crippen molar-refractivity contribution in [1.29, 1.82) is 0 Å². The lowest BCUT2D eigenvalue weighted by molar-refractivity contribution is -0.383. The van der Waals surface area contributed by atoms with Crippen molar-refractivity contribution in [3.8, 4) is 0 Å². The molecule has 2 aromatic rings. The topological polar surface area (TPSA) is 46.4 Å². The van der Waals surface area contributed by atoms with Gasteiger partial charge in [0.05, 0.1) is 10.3 Å². The molecule has 0 atom stereocenters. The summed E-state index contributed by atoms with van der Waals surface area (Å²) in [6.07, 6.45) is 3.61. The summed E-state index contributed by atoms with van der Waals surface area (Å²) in [5.41, 5.74) is 1.08. The first-order valence-electron chi connectivity index (χ1n) is 6.32. The first kappa shape index (κ1) is 13.8. The van der Waals surface area contributed by atoms with E-state index < -0.39 is 0 Å². The maximum Gasteiger partial charge on any atom is 0.277 e. The number of hydrogen-bond acceptors (Lipinski definition) is 3. The monoisotopic (exact) mass is 268 g/mol. The first-order chi connectivity index (χ1) is 9.69. The predicted molar refractivity (Wildman–Crippen MR) is 83.2 cm³/mol. The summed E-state index contributed by atoms with van der Waals surface area (Å²) < 4.78 is 0. The summed E-state index contributed by atoms with van der Waals surface area (Å²) in [6, 6.07) is 10.7. The van der Waals surface area contributed by atoms with Crippen LogP contribution in [0.3, 0.4) is 0 Å². The van der Waals surface area contributed by atoms with Crippen molar-refractivity contribution in [3.05, 3.63) is 71.8 Å². The van der Waals surface area contributed by atoms with Crippen LogP contribution in [-0.2, 0) is 0 Å². The number of rotatable bonds is 6. The standard InChI is InChI=1S/C16H16N2O2/c1-3-11-17(12-4-2)15-9-10-16(18(19)20)14-8-6-5-7-13(14)15/h3-10H,1-2,11-12H2. The van der Waals surface area contributed by atoms with Gasteiger partial charge in [-0.2, -0.15) is 0 Å². The highest BCUT2D eigenvalue weighted by atomic mass is 16.6. The molecule has 0 amide bonds. The van der Waals surface area contributed by atoms with E-state index in [9.17, 15) is 10.1 Å². The normalized spacial score (nSPS) is 10.2. The van der Waals surface area contributed by atoms with E-state index in [-0.39, 0.29) is 10.6 Å². The SMILES string of the molecule is C=CCN(CC=C)c1ccc([N+](=O)[O-])c2ccccc12. The lowest BCUT2D eigenvalue weighted by Gasteiger charge is -2.23. The highest BCUT2D eigenvalue weighted by molar-refractivity contribution is 6.00. The van der Waals surface area contributed by atoms with E-state index in [1.165, 1.54) is 0 Å². The molecule has 0 spiro atoms. The predicted octanol–water partition coefficient (Wildman–Crippen LogP) is 3.93. The molecule has 2 aromatic carbocycles. The van der Waals surface area contributed by atoms with Gasteiger partial charge in [-0.05, 0) is 12.1 Å². The number of hydrogen-bond donors (Lipinski definition) is 0. The molecule has 0 radical (unpaired) electrons. The average molecular weight is 268 g/mol. The molecular formula is C16H16N2O2. The summed E-state index contributed by atoms with van der Waals surface area (Å²) in [4.78, 5) is 12.8. The van der Waals surface area contributed by atoms with Crippen molar-refractivity contribution < 1.29 is 4.92 Å². The van der Waals surface area contributed by atoms with Crippen LogP contribution < -0.4 is 4.90 Å². The summed E-state index contributed by atoms with van der Waals surface area (Å²) in [5.74, 6) is 0.